The summed E-state index contributed by atoms with van der Waals surface area (Å²) >= 11 is 0. The molecular weight excluding hydrogens is 492 g/mol. The Hall–Kier alpha value is -2.32. The van der Waals surface area contributed by atoms with E-state index in [0.717, 1.165) is 50.3 Å². The lowest BCUT2D eigenvalue weighted by Gasteiger charge is -2.35. The Morgan fingerprint density at radius 3 is 2.49 bits per heavy atom. The van der Waals surface area contributed by atoms with Gasteiger partial charge >= 0.3 is 6.03 Å². The third-order valence-corrected chi connectivity index (χ3v) is 8.90. The number of rotatable bonds is 8. The van der Waals surface area contributed by atoms with E-state index in [2.05, 4.69) is 29.5 Å². The van der Waals surface area contributed by atoms with Gasteiger partial charge in [-0.2, -0.15) is 0 Å². The zero-order valence-electron chi connectivity index (χ0n) is 24.3. The van der Waals surface area contributed by atoms with Crippen LogP contribution in [0.2, 0.25) is 0 Å². The average molecular weight is 543 g/mol. The number of likely N-dealkylation sites (N-methyl/N-ethyl adjacent to an activating group) is 1. The molecule has 2 saturated carbocycles. The number of urea groups is 1. The Balaban J connectivity index is 1.50. The van der Waals surface area contributed by atoms with E-state index in [4.69, 9.17) is 4.74 Å². The number of nitrogens with zero attached hydrogens (tertiary/aromatic N) is 2. The maximum atomic E-state index is 13.5. The fourth-order valence-corrected chi connectivity index (χ4v) is 6.52. The summed E-state index contributed by atoms with van der Waals surface area (Å²) in [4.78, 5) is 30.3. The molecular formula is C31H50N4O4. The number of ether oxygens (including phenoxy) is 1. The minimum absolute atomic E-state index is 0.0340. The van der Waals surface area contributed by atoms with Crippen molar-refractivity contribution in [1.29, 1.82) is 0 Å². The molecule has 2 fully saturated rings. The van der Waals surface area contributed by atoms with Gasteiger partial charge in [-0.15, -0.1) is 0 Å². The van der Waals surface area contributed by atoms with Gasteiger partial charge in [-0.05, 0) is 63.8 Å². The second kappa shape index (κ2) is 14.4. The molecule has 0 saturated heterocycles. The summed E-state index contributed by atoms with van der Waals surface area (Å²) in [7, 11) is 2.18. The molecule has 8 nitrogen and oxygen atoms in total. The van der Waals surface area contributed by atoms with E-state index in [1.165, 1.54) is 38.5 Å². The van der Waals surface area contributed by atoms with Crippen LogP contribution < -0.4 is 15.4 Å². The van der Waals surface area contributed by atoms with E-state index in [-0.39, 0.29) is 49.1 Å². The van der Waals surface area contributed by atoms with Crippen LogP contribution in [-0.4, -0.2) is 78.3 Å². The molecule has 39 heavy (non-hydrogen) atoms. The molecule has 1 aromatic rings. The smallest absolute Gasteiger partial charge is 0.319 e. The third-order valence-electron chi connectivity index (χ3n) is 8.90. The monoisotopic (exact) mass is 542 g/mol. The Morgan fingerprint density at radius 1 is 1.10 bits per heavy atom. The molecule has 1 aliphatic heterocycles. The molecule has 1 heterocycles. The number of benzene rings is 1. The van der Waals surface area contributed by atoms with Crippen molar-refractivity contribution in [2.24, 2.45) is 11.8 Å². The highest BCUT2D eigenvalue weighted by atomic mass is 16.5. The largest absolute Gasteiger partial charge is 0.488 e. The first-order valence-corrected chi connectivity index (χ1v) is 15.3. The van der Waals surface area contributed by atoms with Crippen LogP contribution >= 0.6 is 0 Å². The van der Waals surface area contributed by atoms with Crippen LogP contribution in [0.3, 0.4) is 0 Å². The number of carbonyl (C=O) groups excluding carboxylic acids is 2. The number of amides is 3. The summed E-state index contributed by atoms with van der Waals surface area (Å²) in [5, 5.41) is 16.0. The van der Waals surface area contributed by atoms with Crippen molar-refractivity contribution < 1.29 is 19.4 Å². The van der Waals surface area contributed by atoms with Crippen molar-refractivity contribution in [3.05, 3.63) is 23.8 Å². The van der Waals surface area contributed by atoms with Crippen LogP contribution in [0, 0.1) is 11.8 Å². The lowest BCUT2D eigenvalue weighted by molar-refractivity contribution is -0.134. The minimum Gasteiger partial charge on any atom is -0.488 e. The molecule has 0 unspecified atom stereocenters. The summed E-state index contributed by atoms with van der Waals surface area (Å²) in [6.45, 7) is 6.32. The van der Waals surface area contributed by atoms with Crippen LogP contribution in [0.15, 0.2) is 18.2 Å². The SMILES string of the molecule is C[C@@H]1CN([C@@H](C)CO)C(=O)Cc2cc(NC(=O)NC3CCCCC3)ccc2O[C@@H]1CN(C)CC1CCCCC1. The number of carbonyl (C=O) groups is 2. The fraction of sp³-hybridized carbons (Fsp3) is 0.742. The first-order chi connectivity index (χ1) is 18.8. The van der Waals surface area contributed by atoms with Gasteiger partial charge in [0, 0.05) is 42.8 Å². The lowest BCUT2D eigenvalue weighted by atomic mass is 9.89. The molecule has 0 spiro atoms. The first-order valence-electron chi connectivity index (χ1n) is 15.3. The van der Waals surface area contributed by atoms with Crippen molar-refractivity contribution in [2.75, 3.05) is 38.6 Å². The van der Waals surface area contributed by atoms with E-state index < -0.39 is 0 Å². The summed E-state index contributed by atoms with van der Waals surface area (Å²) in [5.41, 5.74) is 1.41. The molecule has 3 aliphatic rings. The van der Waals surface area contributed by atoms with E-state index in [9.17, 15) is 14.7 Å². The molecule has 4 rings (SSSR count). The Morgan fingerprint density at radius 2 is 1.79 bits per heavy atom. The molecule has 3 atom stereocenters. The van der Waals surface area contributed by atoms with Gasteiger partial charge < -0.3 is 30.3 Å². The molecule has 8 heteroatoms. The third kappa shape index (κ3) is 8.58. The fourth-order valence-electron chi connectivity index (χ4n) is 6.52. The van der Waals surface area contributed by atoms with Crippen LogP contribution in [0.5, 0.6) is 5.75 Å². The molecule has 0 bridgehead atoms. The number of aliphatic hydroxyl groups excluding tert-OH is 1. The second-order valence-corrected chi connectivity index (χ2v) is 12.4. The van der Waals surface area contributed by atoms with Gasteiger partial charge in [0.2, 0.25) is 5.91 Å². The summed E-state index contributed by atoms with van der Waals surface area (Å²) in [6.07, 6.45) is 12.3. The highest BCUT2D eigenvalue weighted by molar-refractivity contribution is 5.90. The summed E-state index contributed by atoms with van der Waals surface area (Å²) < 4.78 is 6.67. The van der Waals surface area contributed by atoms with E-state index in [1.54, 1.807) is 4.90 Å². The maximum absolute atomic E-state index is 13.5. The van der Waals surface area contributed by atoms with Gasteiger partial charge in [0.1, 0.15) is 11.9 Å². The highest BCUT2D eigenvalue weighted by Crippen LogP contribution is 2.30. The highest BCUT2D eigenvalue weighted by Gasteiger charge is 2.31. The van der Waals surface area contributed by atoms with Crippen molar-refractivity contribution in [3.63, 3.8) is 0 Å². The van der Waals surface area contributed by atoms with Crippen LogP contribution in [0.25, 0.3) is 0 Å². The minimum atomic E-state index is -0.273. The van der Waals surface area contributed by atoms with Crippen molar-refractivity contribution in [2.45, 2.75) is 103 Å². The molecule has 3 amide bonds. The van der Waals surface area contributed by atoms with Gasteiger partial charge in [0.25, 0.3) is 0 Å². The number of hydrogen-bond donors (Lipinski definition) is 3. The van der Waals surface area contributed by atoms with Crippen molar-refractivity contribution in [3.8, 4) is 5.75 Å². The van der Waals surface area contributed by atoms with Crippen LogP contribution in [0.1, 0.15) is 83.6 Å². The topological polar surface area (TPSA) is 94.1 Å². The van der Waals surface area contributed by atoms with Gasteiger partial charge in [0.05, 0.1) is 19.1 Å². The Bertz CT molecular complexity index is 945. The van der Waals surface area contributed by atoms with Crippen molar-refractivity contribution in [1.82, 2.24) is 15.1 Å². The zero-order chi connectivity index (χ0) is 27.8. The quantitative estimate of drug-likeness (QED) is 0.439. The number of nitrogens with one attached hydrogen (secondary N) is 2. The zero-order valence-corrected chi connectivity index (χ0v) is 24.3. The summed E-state index contributed by atoms with van der Waals surface area (Å²) in [6, 6.07) is 5.37. The number of hydrogen-bond acceptors (Lipinski definition) is 5. The number of aliphatic hydroxyl groups is 1. The van der Waals surface area contributed by atoms with E-state index in [0.29, 0.717) is 18.0 Å². The Labute approximate surface area is 234 Å². The predicted molar refractivity (Wildman–Crippen MR) is 155 cm³/mol. The van der Waals surface area contributed by atoms with Gasteiger partial charge in [0.15, 0.2) is 0 Å². The molecule has 2 aliphatic carbocycles. The number of fused-ring (bicyclic) bond motifs is 1. The second-order valence-electron chi connectivity index (χ2n) is 12.4. The number of anilines is 1. The molecule has 0 radical (unpaired) electrons. The van der Waals surface area contributed by atoms with E-state index >= 15 is 0 Å². The standard InChI is InChI=1S/C31H50N4O4/c1-22-18-35(23(2)21-36)30(37)17-25-16-27(33-31(38)32-26-12-8-5-9-13-26)14-15-28(25)39-29(22)20-34(3)19-24-10-6-4-7-11-24/h14-16,22-24,26,29,36H,4-13,17-21H2,1-3H3,(H2,32,33,38)/t22-,23+,29-/m1/s1. The van der Waals surface area contributed by atoms with Gasteiger partial charge in [-0.25, -0.2) is 4.79 Å². The average Bonchev–Trinajstić information content (AvgIpc) is 2.97. The van der Waals surface area contributed by atoms with Crippen LogP contribution in [-0.2, 0) is 11.2 Å². The van der Waals surface area contributed by atoms with Gasteiger partial charge in [-0.3, -0.25) is 4.79 Å². The van der Waals surface area contributed by atoms with Gasteiger partial charge in [-0.1, -0.05) is 45.4 Å². The predicted octanol–water partition coefficient (Wildman–Crippen LogP) is 4.80. The normalized spacial score (nSPS) is 24.2. The van der Waals surface area contributed by atoms with Crippen molar-refractivity contribution >= 4 is 17.6 Å². The summed E-state index contributed by atoms with van der Waals surface area (Å²) in [5.74, 6) is 1.49. The lowest BCUT2D eigenvalue weighted by Crippen LogP contribution is -2.48. The molecule has 218 valence electrons. The van der Waals surface area contributed by atoms with Crippen LogP contribution in [0.4, 0.5) is 10.5 Å². The van der Waals surface area contributed by atoms with E-state index in [1.807, 2.05) is 25.1 Å². The maximum Gasteiger partial charge on any atom is 0.319 e. The molecule has 3 N–H and O–H groups in total. The molecule has 0 aromatic heterocycles. The first kappa shape index (κ1) is 29.7. The Kier molecular flexibility index (Phi) is 10.9. The molecule has 1 aromatic carbocycles.